The van der Waals surface area contributed by atoms with Crippen LogP contribution in [0.2, 0.25) is 0 Å². The second kappa shape index (κ2) is 8.29. The molecule has 0 saturated carbocycles. The van der Waals surface area contributed by atoms with Crippen molar-refractivity contribution in [2.24, 2.45) is 5.92 Å². The third-order valence-electron chi connectivity index (χ3n) is 3.68. The van der Waals surface area contributed by atoms with Crippen molar-refractivity contribution >= 4 is 11.8 Å². The number of benzene rings is 1. The molecule has 0 aliphatic rings. The standard InChI is InChI=1S/C18H24N4O2/c1-4-16-15(12-21-22(16)14-8-6-5-7-9-14)18(24)20-11-10-19-17(23)13(2)3/h5-9,12-13H,4,10-11H2,1-3H3,(H,19,23)(H,20,24). The molecule has 0 fully saturated rings. The Labute approximate surface area is 142 Å². The van der Waals surface area contributed by atoms with Gasteiger partial charge in [-0.15, -0.1) is 0 Å². The van der Waals surface area contributed by atoms with Gasteiger partial charge in [0.25, 0.3) is 5.91 Å². The minimum Gasteiger partial charge on any atom is -0.354 e. The zero-order valence-corrected chi connectivity index (χ0v) is 14.4. The quantitative estimate of drug-likeness (QED) is 0.763. The second-order valence-corrected chi connectivity index (χ2v) is 5.81. The SMILES string of the molecule is CCc1c(C(=O)NCCNC(=O)C(C)C)cnn1-c1ccccc1. The van der Waals surface area contributed by atoms with Gasteiger partial charge in [-0.2, -0.15) is 5.10 Å². The lowest BCUT2D eigenvalue weighted by atomic mass is 10.2. The number of amides is 2. The summed E-state index contributed by atoms with van der Waals surface area (Å²) in [6.45, 7) is 6.46. The first-order chi connectivity index (χ1) is 11.5. The monoisotopic (exact) mass is 328 g/mol. The van der Waals surface area contributed by atoms with Crippen LogP contribution in [0, 0.1) is 5.92 Å². The van der Waals surface area contributed by atoms with Crippen molar-refractivity contribution in [3.63, 3.8) is 0 Å². The lowest BCUT2D eigenvalue weighted by Crippen LogP contribution is -2.36. The molecular weight excluding hydrogens is 304 g/mol. The van der Waals surface area contributed by atoms with Gasteiger partial charge in [0.15, 0.2) is 0 Å². The summed E-state index contributed by atoms with van der Waals surface area (Å²) in [7, 11) is 0. The van der Waals surface area contributed by atoms with Crippen molar-refractivity contribution in [3.05, 3.63) is 47.8 Å². The van der Waals surface area contributed by atoms with Crippen LogP contribution in [-0.2, 0) is 11.2 Å². The summed E-state index contributed by atoms with van der Waals surface area (Å²) in [6.07, 6.45) is 2.29. The molecular formula is C18H24N4O2. The number of para-hydroxylation sites is 1. The van der Waals surface area contributed by atoms with Crippen LogP contribution in [0.5, 0.6) is 0 Å². The van der Waals surface area contributed by atoms with E-state index in [2.05, 4.69) is 15.7 Å². The predicted molar refractivity (Wildman–Crippen MR) is 93.1 cm³/mol. The molecule has 0 bridgehead atoms. The maximum atomic E-state index is 12.4. The summed E-state index contributed by atoms with van der Waals surface area (Å²) in [5.74, 6) is -0.250. The fourth-order valence-corrected chi connectivity index (χ4v) is 2.36. The lowest BCUT2D eigenvalue weighted by Gasteiger charge is -2.10. The van der Waals surface area contributed by atoms with Crippen LogP contribution in [0.15, 0.2) is 36.5 Å². The van der Waals surface area contributed by atoms with E-state index in [1.54, 1.807) is 10.9 Å². The number of aromatic nitrogens is 2. The Hall–Kier alpha value is -2.63. The van der Waals surface area contributed by atoms with E-state index in [4.69, 9.17) is 0 Å². The van der Waals surface area contributed by atoms with Gasteiger partial charge in [-0.05, 0) is 18.6 Å². The molecule has 0 saturated heterocycles. The van der Waals surface area contributed by atoms with Crippen LogP contribution < -0.4 is 10.6 Å². The normalized spacial score (nSPS) is 10.7. The molecule has 0 atom stereocenters. The molecule has 24 heavy (non-hydrogen) atoms. The number of nitrogens with zero attached hydrogens (tertiary/aromatic N) is 2. The predicted octanol–water partition coefficient (Wildman–Crippen LogP) is 1.94. The molecule has 6 nitrogen and oxygen atoms in total. The van der Waals surface area contributed by atoms with Gasteiger partial charge in [0.2, 0.25) is 5.91 Å². The molecule has 0 unspecified atom stereocenters. The highest BCUT2D eigenvalue weighted by molar-refractivity contribution is 5.95. The summed E-state index contributed by atoms with van der Waals surface area (Å²) in [5, 5.41) is 9.94. The van der Waals surface area contributed by atoms with Crippen LogP contribution in [0.25, 0.3) is 5.69 Å². The van der Waals surface area contributed by atoms with Crippen LogP contribution in [-0.4, -0.2) is 34.7 Å². The van der Waals surface area contributed by atoms with E-state index in [-0.39, 0.29) is 17.7 Å². The van der Waals surface area contributed by atoms with E-state index in [9.17, 15) is 9.59 Å². The van der Waals surface area contributed by atoms with Crippen LogP contribution in [0.4, 0.5) is 0 Å². The molecule has 6 heteroatoms. The van der Waals surface area contributed by atoms with E-state index >= 15 is 0 Å². The van der Waals surface area contributed by atoms with Gasteiger partial charge < -0.3 is 10.6 Å². The third kappa shape index (κ3) is 4.22. The maximum Gasteiger partial charge on any atom is 0.254 e. The van der Waals surface area contributed by atoms with Crippen molar-refractivity contribution in [2.75, 3.05) is 13.1 Å². The fraction of sp³-hybridized carbons (Fsp3) is 0.389. The molecule has 1 heterocycles. The van der Waals surface area contributed by atoms with Gasteiger partial charge in [-0.25, -0.2) is 4.68 Å². The van der Waals surface area contributed by atoms with Crippen molar-refractivity contribution in [2.45, 2.75) is 27.2 Å². The Morgan fingerprint density at radius 2 is 1.79 bits per heavy atom. The van der Waals surface area contributed by atoms with Crippen LogP contribution >= 0.6 is 0 Å². The molecule has 1 aromatic heterocycles. The summed E-state index contributed by atoms with van der Waals surface area (Å²) in [4.78, 5) is 23.9. The first-order valence-electron chi connectivity index (χ1n) is 8.22. The Balaban J connectivity index is 2.00. The molecule has 2 N–H and O–H groups in total. The first kappa shape index (κ1) is 17.7. The average molecular weight is 328 g/mol. The van der Waals surface area contributed by atoms with Crippen LogP contribution in [0.3, 0.4) is 0 Å². The molecule has 2 aromatic rings. The second-order valence-electron chi connectivity index (χ2n) is 5.81. The molecule has 0 aliphatic heterocycles. The van der Waals surface area contributed by atoms with Gasteiger partial charge in [0.05, 0.1) is 23.1 Å². The first-order valence-corrected chi connectivity index (χ1v) is 8.22. The third-order valence-corrected chi connectivity index (χ3v) is 3.68. The van der Waals surface area contributed by atoms with Gasteiger partial charge in [-0.1, -0.05) is 39.0 Å². The zero-order valence-electron chi connectivity index (χ0n) is 14.4. The van der Waals surface area contributed by atoms with Gasteiger partial charge in [0, 0.05) is 19.0 Å². The van der Waals surface area contributed by atoms with E-state index in [0.29, 0.717) is 25.1 Å². The smallest absolute Gasteiger partial charge is 0.254 e. The number of carbonyl (C=O) groups is 2. The molecule has 1 aromatic carbocycles. The molecule has 128 valence electrons. The molecule has 2 amide bonds. The highest BCUT2D eigenvalue weighted by Gasteiger charge is 2.16. The van der Waals surface area contributed by atoms with E-state index < -0.39 is 0 Å². The molecule has 0 aliphatic carbocycles. The van der Waals surface area contributed by atoms with Gasteiger partial charge in [-0.3, -0.25) is 9.59 Å². The van der Waals surface area contributed by atoms with Crippen LogP contribution in [0.1, 0.15) is 36.8 Å². The number of nitrogens with one attached hydrogen (secondary N) is 2. The maximum absolute atomic E-state index is 12.4. The highest BCUT2D eigenvalue weighted by atomic mass is 16.2. The Morgan fingerprint density at radius 1 is 1.12 bits per heavy atom. The van der Waals surface area contributed by atoms with Gasteiger partial charge in [0.1, 0.15) is 0 Å². The number of rotatable bonds is 7. The van der Waals surface area contributed by atoms with E-state index in [1.165, 1.54) is 0 Å². The summed E-state index contributed by atoms with van der Waals surface area (Å²) in [5.41, 5.74) is 2.36. The van der Waals surface area contributed by atoms with E-state index in [1.807, 2.05) is 51.1 Å². The number of hydrogen-bond donors (Lipinski definition) is 2. The Bertz CT molecular complexity index is 692. The largest absolute Gasteiger partial charge is 0.354 e. The topological polar surface area (TPSA) is 76.0 Å². The molecule has 0 radical (unpaired) electrons. The van der Waals surface area contributed by atoms with Gasteiger partial charge >= 0.3 is 0 Å². The summed E-state index contributed by atoms with van der Waals surface area (Å²) >= 11 is 0. The fourth-order valence-electron chi connectivity index (χ4n) is 2.36. The van der Waals surface area contributed by atoms with Crippen molar-refractivity contribution in [3.8, 4) is 5.69 Å². The average Bonchev–Trinajstić information content (AvgIpc) is 3.03. The zero-order chi connectivity index (χ0) is 17.5. The number of carbonyl (C=O) groups excluding carboxylic acids is 2. The summed E-state index contributed by atoms with van der Waals surface area (Å²) in [6, 6.07) is 9.73. The lowest BCUT2D eigenvalue weighted by molar-refractivity contribution is -0.123. The van der Waals surface area contributed by atoms with Crippen molar-refractivity contribution < 1.29 is 9.59 Å². The Morgan fingerprint density at radius 3 is 2.42 bits per heavy atom. The highest BCUT2D eigenvalue weighted by Crippen LogP contribution is 2.15. The minimum absolute atomic E-state index is 0.0182. The van der Waals surface area contributed by atoms with Crippen molar-refractivity contribution in [1.82, 2.24) is 20.4 Å². The number of hydrogen-bond acceptors (Lipinski definition) is 3. The minimum atomic E-state index is -0.173. The Kier molecular flexibility index (Phi) is 6.12. The summed E-state index contributed by atoms with van der Waals surface area (Å²) < 4.78 is 1.79. The van der Waals surface area contributed by atoms with Crippen molar-refractivity contribution in [1.29, 1.82) is 0 Å². The van der Waals surface area contributed by atoms with E-state index in [0.717, 1.165) is 11.4 Å². The molecule has 0 spiro atoms. The molecule has 2 rings (SSSR count).